The van der Waals surface area contributed by atoms with Gasteiger partial charge in [0.2, 0.25) is 0 Å². The van der Waals surface area contributed by atoms with E-state index in [1.165, 1.54) is 11.1 Å². The molecule has 1 aliphatic heterocycles. The average molecular weight is 319 g/mol. The Morgan fingerprint density at radius 3 is 2.33 bits per heavy atom. The van der Waals surface area contributed by atoms with E-state index < -0.39 is 0 Å². The van der Waals surface area contributed by atoms with Crippen LogP contribution in [0.1, 0.15) is 52.4 Å². The largest absolute Gasteiger partial charge is 0.496 e. The number of benzene rings is 2. The number of terminal acetylenes is 1. The molecule has 0 radical (unpaired) electrons. The van der Waals surface area contributed by atoms with E-state index in [0.717, 1.165) is 11.1 Å². The van der Waals surface area contributed by atoms with Crippen LogP contribution in [0, 0.1) is 12.3 Å². The number of carbonyl (C=O) groups is 1. The van der Waals surface area contributed by atoms with Crippen molar-refractivity contribution < 1.29 is 9.53 Å². The molecule has 2 aromatic carbocycles. The second-order valence-electron chi connectivity index (χ2n) is 6.37. The summed E-state index contributed by atoms with van der Waals surface area (Å²) in [6.45, 7) is 5.41. The molecule has 0 unspecified atom stereocenters. The number of amides is 1. The zero-order valence-electron chi connectivity index (χ0n) is 14.3. The standard InChI is InChI=1S/C21H21NO2/c1-5-15-10-20(24-4)19(11-18(15)14(2)3)21(23)22-12-16-8-6-7-9-17(16)13-22/h1,6-11,14H,12-13H2,2-4H3. The minimum absolute atomic E-state index is 0.0199. The van der Waals surface area contributed by atoms with Crippen molar-refractivity contribution in [3.63, 3.8) is 0 Å². The van der Waals surface area contributed by atoms with Gasteiger partial charge in [0.15, 0.2) is 0 Å². The van der Waals surface area contributed by atoms with Gasteiger partial charge < -0.3 is 9.64 Å². The predicted molar refractivity (Wildman–Crippen MR) is 95.0 cm³/mol. The van der Waals surface area contributed by atoms with Crippen LogP contribution >= 0.6 is 0 Å². The topological polar surface area (TPSA) is 29.5 Å². The summed E-state index contributed by atoms with van der Waals surface area (Å²) in [5.41, 5.74) is 4.76. The van der Waals surface area contributed by atoms with Gasteiger partial charge in [0.25, 0.3) is 5.91 Å². The fourth-order valence-electron chi connectivity index (χ4n) is 3.18. The van der Waals surface area contributed by atoms with Gasteiger partial charge in [0.05, 0.1) is 12.7 Å². The van der Waals surface area contributed by atoms with Crippen molar-refractivity contribution >= 4 is 5.91 Å². The Kier molecular flexibility index (Phi) is 4.31. The van der Waals surface area contributed by atoms with Crippen molar-refractivity contribution in [1.82, 2.24) is 4.90 Å². The highest BCUT2D eigenvalue weighted by Gasteiger charge is 2.27. The SMILES string of the molecule is C#Cc1cc(OC)c(C(=O)N2Cc3ccccc3C2)cc1C(C)C. The summed E-state index contributed by atoms with van der Waals surface area (Å²) in [6, 6.07) is 11.8. The first kappa shape index (κ1) is 16.1. The summed E-state index contributed by atoms with van der Waals surface area (Å²) >= 11 is 0. The monoisotopic (exact) mass is 319 g/mol. The van der Waals surface area contributed by atoms with Crippen LogP contribution in [0.3, 0.4) is 0 Å². The minimum atomic E-state index is -0.0199. The van der Waals surface area contributed by atoms with E-state index in [1.54, 1.807) is 13.2 Å². The van der Waals surface area contributed by atoms with Crippen molar-refractivity contribution in [3.05, 3.63) is 64.2 Å². The number of carbonyl (C=O) groups excluding carboxylic acids is 1. The molecule has 1 heterocycles. The van der Waals surface area contributed by atoms with E-state index in [1.807, 2.05) is 23.1 Å². The maximum absolute atomic E-state index is 13.1. The lowest BCUT2D eigenvalue weighted by atomic mass is 9.94. The van der Waals surface area contributed by atoms with Crippen LogP contribution < -0.4 is 4.74 Å². The molecule has 0 atom stereocenters. The van der Waals surface area contributed by atoms with Gasteiger partial charge in [-0.3, -0.25) is 4.79 Å². The fourth-order valence-corrected chi connectivity index (χ4v) is 3.18. The normalized spacial score (nSPS) is 12.9. The smallest absolute Gasteiger partial charge is 0.258 e. The number of hydrogen-bond acceptors (Lipinski definition) is 2. The van der Waals surface area contributed by atoms with Crippen molar-refractivity contribution in [2.45, 2.75) is 32.9 Å². The first-order valence-corrected chi connectivity index (χ1v) is 8.09. The van der Waals surface area contributed by atoms with Gasteiger partial charge in [0.1, 0.15) is 5.75 Å². The summed E-state index contributed by atoms with van der Waals surface area (Å²) in [5.74, 6) is 3.45. The van der Waals surface area contributed by atoms with Gasteiger partial charge in [-0.25, -0.2) is 0 Å². The second-order valence-corrected chi connectivity index (χ2v) is 6.37. The van der Waals surface area contributed by atoms with Crippen molar-refractivity contribution in [1.29, 1.82) is 0 Å². The molecular formula is C21H21NO2. The molecule has 0 spiro atoms. The number of ether oxygens (including phenoxy) is 1. The molecule has 0 bridgehead atoms. The van der Waals surface area contributed by atoms with E-state index in [2.05, 4.69) is 31.9 Å². The Morgan fingerprint density at radius 1 is 1.21 bits per heavy atom. The predicted octanol–water partition coefficient (Wildman–Crippen LogP) is 3.96. The lowest BCUT2D eigenvalue weighted by Gasteiger charge is -2.20. The molecule has 1 aliphatic rings. The maximum Gasteiger partial charge on any atom is 0.258 e. The Morgan fingerprint density at radius 2 is 1.83 bits per heavy atom. The van der Waals surface area contributed by atoms with Crippen molar-refractivity contribution in [2.24, 2.45) is 0 Å². The summed E-state index contributed by atoms with van der Waals surface area (Å²) < 4.78 is 5.44. The summed E-state index contributed by atoms with van der Waals surface area (Å²) in [5, 5.41) is 0. The Bertz CT molecular complexity index is 805. The fraction of sp³-hybridized carbons (Fsp3) is 0.286. The molecule has 24 heavy (non-hydrogen) atoms. The Hall–Kier alpha value is -2.73. The van der Waals surface area contributed by atoms with Crippen LogP contribution in [0.5, 0.6) is 5.75 Å². The molecule has 3 heteroatoms. The third-order valence-corrected chi connectivity index (χ3v) is 4.51. The highest BCUT2D eigenvalue weighted by molar-refractivity contribution is 5.97. The van der Waals surface area contributed by atoms with Gasteiger partial charge in [-0.05, 0) is 34.7 Å². The Labute approximate surface area is 143 Å². The first-order valence-electron chi connectivity index (χ1n) is 8.09. The molecule has 3 rings (SSSR count). The van der Waals surface area contributed by atoms with Crippen LogP contribution in [0.15, 0.2) is 36.4 Å². The van der Waals surface area contributed by atoms with Crippen LogP contribution in [0.25, 0.3) is 0 Å². The molecular weight excluding hydrogens is 298 g/mol. The number of rotatable bonds is 3. The van der Waals surface area contributed by atoms with E-state index >= 15 is 0 Å². The van der Waals surface area contributed by atoms with Gasteiger partial charge >= 0.3 is 0 Å². The van der Waals surface area contributed by atoms with Crippen molar-refractivity contribution in [2.75, 3.05) is 7.11 Å². The molecule has 0 aliphatic carbocycles. The van der Waals surface area contributed by atoms with E-state index in [9.17, 15) is 4.79 Å². The average Bonchev–Trinajstić information content (AvgIpc) is 3.03. The molecule has 0 N–H and O–H groups in total. The molecule has 122 valence electrons. The summed E-state index contributed by atoms with van der Waals surface area (Å²) in [4.78, 5) is 14.9. The minimum Gasteiger partial charge on any atom is -0.496 e. The zero-order valence-corrected chi connectivity index (χ0v) is 14.3. The van der Waals surface area contributed by atoms with Gasteiger partial charge in [0, 0.05) is 18.7 Å². The molecule has 0 fully saturated rings. The van der Waals surface area contributed by atoms with E-state index in [4.69, 9.17) is 11.2 Å². The Balaban J connectivity index is 1.99. The van der Waals surface area contributed by atoms with Gasteiger partial charge in [-0.15, -0.1) is 6.42 Å². The van der Waals surface area contributed by atoms with Gasteiger partial charge in [-0.1, -0.05) is 44.0 Å². The molecule has 1 amide bonds. The second kappa shape index (κ2) is 6.41. The number of nitrogens with zero attached hydrogens (tertiary/aromatic N) is 1. The van der Waals surface area contributed by atoms with Crippen LogP contribution in [-0.2, 0) is 13.1 Å². The lowest BCUT2D eigenvalue weighted by Crippen LogP contribution is -2.26. The zero-order chi connectivity index (χ0) is 17.3. The summed E-state index contributed by atoms with van der Waals surface area (Å²) in [7, 11) is 1.57. The van der Waals surface area contributed by atoms with Gasteiger partial charge in [-0.2, -0.15) is 0 Å². The molecule has 0 saturated heterocycles. The number of fused-ring (bicyclic) bond motifs is 1. The van der Waals surface area contributed by atoms with Crippen LogP contribution in [0.4, 0.5) is 0 Å². The summed E-state index contributed by atoms with van der Waals surface area (Å²) in [6.07, 6.45) is 5.62. The highest BCUT2D eigenvalue weighted by atomic mass is 16.5. The first-order chi connectivity index (χ1) is 11.5. The molecule has 3 nitrogen and oxygen atoms in total. The van der Waals surface area contributed by atoms with Crippen LogP contribution in [-0.4, -0.2) is 17.9 Å². The highest BCUT2D eigenvalue weighted by Crippen LogP contribution is 2.31. The van der Waals surface area contributed by atoms with Crippen molar-refractivity contribution in [3.8, 4) is 18.1 Å². The van der Waals surface area contributed by atoms with E-state index in [0.29, 0.717) is 24.4 Å². The van der Waals surface area contributed by atoms with Crippen LogP contribution in [0.2, 0.25) is 0 Å². The third-order valence-electron chi connectivity index (χ3n) is 4.51. The quantitative estimate of drug-likeness (QED) is 0.802. The number of hydrogen-bond donors (Lipinski definition) is 0. The third kappa shape index (κ3) is 2.76. The maximum atomic E-state index is 13.1. The molecule has 0 saturated carbocycles. The molecule has 0 aromatic heterocycles. The number of methoxy groups -OCH3 is 1. The molecule has 2 aromatic rings. The van der Waals surface area contributed by atoms with E-state index in [-0.39, 0.29) is 11.8 Å². The lowest BCUT2D eigenvalue weighted by molar-refractivity contribution is 0.0748.